The summed E-state index contributed by atoms with van der Waals surface area (Å²) in [5.74, 6) is -0.324. The molecule has 0 aromatic heterocycles. The van der Waals surface area contributed by atoms with E-state index in [-0.39, 0.29) is 30.8 Å². The molecule has 10 heteroatoms. The molecule has 1 unspecified atom stereocenters. The lowest BCUT2D eigenvalue weighted by atomic mass is 10.00. The first-order valence-electron chi connectivity index (χ1n) is 14.3. The van der Waals surface area contributed by atoms with E-state index < -0.39 is 11.9 Å². The number of nitrogens with one attached hydrogen (secondary N) is 4. The van der Waals surface area contributed by atoms with Crippen LogP contribution in [-0.4, -0.2) is 34.7 Å². The van der Waals surface area contributed by atoms with Crippen molar-refractivity contribution in [1.82, 2.24) is 15.5 Å². The molecule has 1 atom stereocenters. The first-order chi connectivity index (χ1) is 20.4. The molecule has 42 heavy (non-hydrogen) atoms. The monoisotopic (exact) mass is 566 g/mol. The smallest absolute Gasteiger partial charge is 0.319 e. The van der Waals surface area contributed by atoms with Crippen molar-refractivity contribution in [2.45, 2.75) is 63.8 Å². The van der Waals surface area contributed by atoms with Gasteiger partial charge in [0, 0.05) is 49.5 Å². The number of amides is 5. The zero-order valence-electron chi connectivity index (χ0n) is 23.2. The third kappa shape index (κ3) is 5.99. The second-order valence-corrected chi connectivity index (χ2v) is 11.1. The summed E-state index contributed by atoms with van der Waals surface area (Å²) < 4.78 is 0. The van der Waals surface area contributed by atoms with Crippen LogP contribution >= 0.6 is 0 Å². The van der Waals surface area contributed by atoms with Crippen molar-refractivity contribution in [2.75, 3.05) is 10.6 Å². The van der Waals surface area contributed by atoms with Gasteiger partial charge >= 0.3 is 6.03 Å². The molecular weight excluding hydrogens is 532 g/mol. The van der Waals surface area contributed by atoms with Gasteiger partial charge in [0.2, 0.25) is 11.8 Å². The fourth-order valence-electron chi connectivity index (χ4n) is 5.67. The molecule has 0 bridgehead atoms. The third-order valence-corrected chi connectivity index (χ3v) is 8.13. The van der Waals surface area contributed by atoms with E-state index in [0.717, 1.165) is 28.9 Å². The van der Waals surface area contributed by atoms with Crippen LogP contribution in [0.3, 0.4) is 0 Å². The van der Waals surface area contributed by atoms with Crippen molar-refractivity contribution < 1.29 is 19.2 Å². The lowest BCUT2D eigenvalue weighted by Gasteiger charge is -2.29. The molecule has 216 valence electrons. The van der Waals surface area contributed by atoms with Crippen LogP contribution in [0.1, 0.15) is 69.8 Å². The minimum absolute atomic E-state index is 0.214. The molecule has 5 amide bonds. The molecule has 0 radical (unpaired) electrons. The number of rotatable bonds is 9. The molecule has 3 aromatic carbocycles. The van der Waals surface area contributed by atoms with Gasteiger partial charge in [-0.15, -0.1) is 0 Å². The summed E-state index contributed by atoms with van der Waals surface area (Å²) in [5, 5.41) is 11.5. The molecule has 1 saturated carbocycles. The van der Waals surface area contributed by atoms with Gasteiger partial charge in [-0.2, -0.15) is 0 Å². The Balaban J connectivity index is 0.994. The van der Waals surface area contributed by atoms with E-state index in [0.29, 0.717) is 36.7 Å². The van der Waals surface area contributed by atoms with Gasteiger partial charge in [0.1, 0.15) is 6.04 Å². The maximum atomic E-state index is 12.9. The Morgan fingerprint density at radius 2 is 1.67 bits per heavy atom. The quantitative estimate of drug-likeness (QED) is 0.250. The number of carbonyl (C=O) groups excluding carboxylic acids is 4. The van der Waals surface area contributed by atoms with Crippen LogP contribution in [0.25, 0.3) is 0 Å². The maximum absolute atomic E-state index is 12.9. The molecule has 6 rings (SSSR count). The van der Waals surface area contributed by atoms with Crippen LogP contribution in [0.4, 0.5) is 16.2 Å². The van der Waals surface area contributed by atoms with E-state index in [1.807, 2.05) is 30.3 Å². The molecule has 1 aliphatic carbocycles. The van der Waals surface area contributed by atoms with Gasteiger partial charge in [-0.1, -0.05) is 30.3 Å². The van der Waals surface area contributed by atoms with E-state index in [9.17, 15) is 19.2 Å². The van der Waals surface area contributed by atoms with E-state index in [4.69, 9.17) is 5.73 Å². The van der Waals surface area contributed by atoms with Gasteiger partial charge in [-0.05, 0) is 83.3 Å². The lowest BCUT2D eigenvalue weighted by molar-refractivity contribution is -0.136. The van der Waals surface area contributed by atoms with Crippen LogP contribution < -0.4 is 27.0 Å². The minimum atomic E-state index is -0.653. The summed E-state index contributed by atoms with van der Waals surface area (Å²) in [4.78, 5) is 50.7. The number of fused-ring (bicyclic) bond motifs is 1. The number of benzene rings is 3. The van der Waals surface area contributed by atoms with Gasteiger partial charge < -0.3 is 26.6 Å². The topological polar surface area (TPSA) is 146 Å². The first kappa shape index (κ1) is 27.5. The second-order valence-electron chi connectivity index (χ2n) is 11.1. The van der Waals surface area contributed by atoms with E-state index in [1.165, 1.54) is 28.9 Å². The van der Waals surface area contributed by atoms with Gasteiger partial charge in [0.15, 0.2) is 0 Å². The highest BCUT2D eigenvalue weighted by Gasteiger charge is 2.39. The van der Waals surface area contributed by atoms with Crippen LogP contribution in [0.2, 0.25) is 0 Å². The molecule has 2 aliphatic heterocycles. The summed E-state index contributed by atoms with van der Waals surface area (Å²) in [6, 6.07) is 18.5. The number of piperidine rings is 1. The Morgan fingerprint density at radius 1 is 0.905 bits per heavy atom. The van der Waals surface area contributed by atoms with Crippen molar-refractivity contribution in [3.8, 4) is 0 Å². The van der Waals surface area contributed by atoms with Crippen molar-refractivity contribution in [1.29, 1.82) is 0 Å². The molecule has 1 saturated heterocycles. The first-order valence-corrected chi connectivity index (χ1v) is 14.3. The highest BCUT2D eigenvalue weighted by atomic mass is 16.2. The summed E-state index contributed by atoms with van der Waals surface area (Å²) >= 11 is 0. The van der Waals surface area contributed by atoms with Gasteiger partial charge in [0.05, 0.1) is 0 Å². The van der Waals surface area contributed by atoms with Crippen molar-refractivity contribution in [2.24, 2.45) is 5.73 Å². The fourth-order valence-corrected chi connectivity index (χ4v) is 5.67. The molecule has 3 aromatic rings. The maximum Gasteiger partial charge on any atom is 0.319 e. The standard InChI is InChI=1S/C32H34N6O4/c33-15-19-1-3-22(27(14-19)21-4-5-21)17-34-24-6-8-25(9-7-24)36-32(42)35-16-20-2-10-26-23(13-20)18-38(31(26)41)28-11-12-29(39)37-30(28)40/h1-3,6-10,13-14,21,28,34H,4-5,11-12,15-18,33H2,(H2,35,36,42)(H,37,39,40). The van der Waals surface area contributed by atoms with E-state index in [1.54, 1.807) is 12.1 Å². The molecule has 3 aliphatic rings. The summed E-state index contributed by atoms with van der Waals surface area (Å²) in [5.41, 5.74) is 13.5. The number of urea groups is 1. The van der Waals surface area contributed by atoms with Gasteiger partial charge in [-0.3, -0.25) is 19.7 Å². The van der Waals surface area contributed by atoms with Crippen LogP contribution in [0.15, 0.2) is 60.7 Å². The Kier molecular flexibility index (Phi) is 7.62. The van der Waals surface area contributed by atoms with Gasteiger partial charge in [-0.25, -0.2) is 4.79 Å². The molecule has 10 nitrogen and oxygen atoms in total. The number of hydrogen-bond acceptors (Lipinski definition) is 6. The number of nitrogens with two attached hydrogens (primary N) is 1. The Labute approximate surface area is 244 Å². The number of imide groups is 1. The Morgan fingerprint density at radius 3 is 2.40 bits per heavy atom. The molecule has 2 fully saturated rings. The zero-order chi connectivity index (χ0) is 29.2. The van der Waals surface area contributed by atoms with Crippen LogP contribution in [0.5, 0.6) is 0 Å². The van der Waals surface area contributed by atoms with Crippen molar-refractivity contribution in [3.05, 3.63) is 94.0 Å². The fraction of sp³-hybridized carbons (Fsp3) is 0.312. The average molecular weight is 567 g/mol. The van der Waals surface area contributed by atoms with E-state index >= 15 is 0 Å². The SMILES string of the molecule is NCc1ccc(CNc2ccc(NC(=O)NCc3ccc4c(c3)CN(C3CCC(=O)NC3=O)C4=O)cc2)c(C2CC2)c1. The van der Waals surface area contributed by atoms with Crippen LogP contribution in [-0.2, 0) is 35.8 Å². The highest BCUT2D eigenvalue weighted by molar-refractivity contribution is 6.05. The highest BCUT2D eigenvalue weighted by Crippen LogP contribution is 2.42. The Bertz CT molecular complexity index is 1550. The van der Waals surface area contributed by atoms with Crippen molar-refractivity contribution in [3.63, 3.8) is 0 Å². The number of carbonyl (C=O) groups is 4. The van der Waals surface area contributed by atoms with Crippen molar-refractivity contribution >= 4 is 35.1 Å². The van der Waals surface area contributed by atoms with E-state index in [2.05, 4.69) is 39.5 Å². The zero-order valence-corrected chi connectivity index (χ0v) is 23.2. The summed E-state index contributed by atoms with van der Waals surface area (Å²) in [6.45, 7) is 1.84. The predicted molar refractivity (Wildman–Crippen MR) is 158 cm³/mol. The average Bonchev–Trinajstić information content (AvgIpc) is 3.79. The Hall–Kier alpha value is -4.70. The normalized spacial score (nSPS) is 18.0. The number of anilines is 2. The summed E-state index contributed by atoms with van der Waals surface area (Å²) in [6.07, 6.45) is 3.00. The predicted octanol–water partition coefficient (Wildman–Crippen LogP) is 3.72. The summed E-state index contributed by atoms with van der Waals surface area (Å²) in [7, 11) is 0. The largest absolute Gasteiger partial charge is 0.381 e. The van der Waals surface area contributed by atoms with Crippen LogP contribution in [0, 0.1) is 0 Å². The molecular formula is C32H34N6O4. The third-order valence-electron chi connectivity index (χ3n) is 8.13. The molecule has 0 spiro atoms. The molecule has 2 heterocycles. The number of hydrogen-bond donors (Lipinski definition) is 5. The van der Waals surface area contributed by atoms with Gasteiger partial charge in [0.25, 0.3) is 5.91 Å². The minimum Gasteiger partial charge on any atom is -0.381 e. The lowest BCUT2D eigenvalue weighted by Crippen LogP contribution is -2.52. The second kappa shape index (κ2) is 11.7. The molecule has 6 N–H and O–H groups in total. The number of nitrogens with zero attached hydrogens (tertiary/aromatic N) is 1.